The molecule has 1 aromatic carbocycles. The highest BCUT2D eigenvalue weighted by Gasteiger charge is 2.23. The lowest BCUT2D eigenvalue weighted by Gasteiger charge is -2.29. The van der Waals surface area contributed by atoms with Gasteiger partial charge in [-0.1, -0.05) is 6.07 Å². The van der Waals surface area contributed by atoms with Crippen molar-refractivity contribution >= 4 is 0 Å². The quantitative estimate of drug-likeness (QED) is 0.836. The third-order valence-electron chi connectivity index (χ3n) is 3.21. The summed E-state index contributed by atoms with van der Waals surface area (Å²) in [5.74, 6) is -0.210. The summed E-state index contributed by atoms with van der Waals surface area (Å²) in [6.07, 6.45) is 3.36. The van der Waals surface area contributed by atoms with Gasteiger partial charge in [0.05, 0.1) is 12.1 Å². The van der Waals surface area contributed by atoms with E-state index in [4.69, 9.17) is 10.5 Å². The highest BCUT2D eigenvalue weighted by atomic mass is 19.1. The van der Waals surface area contributed by atoms with Gasteiger partial charge in [-0.25, -0.2) is 4.39 Å². The van der Waals surface area contributed by atoms with Crippen LogP contribution >= 0.6 is 0 Å². The van der Waals surface area contributed by atoms with Crippen molar-refractivity contribution in [1.29, 1.82) is 0 Å². The summed E-state index contributed by atoms with van der Waals surface area (Å²) in [6, 6.07) is 4.62. The van der Waals surface area contributed by atoms with Gasteiger partial charge in [-0.3, -0.25) is 0 Å². The van der Waals surface area contributed by atoms with Crippen LogP contribution in [0.25, 0.3) is 0 Å². The molecule has 2 nitrogen and oxygen atoms in total. The highest BCUT2D eigenvalue weighted by molar-refractivity contribution is 5.30. The molecule has 0 spiro atoms. The monoisotopic (exact) mass is 223 g/mol. The minimum absolute atomic E-state index is 0.0814. The van der Waals surface area contributed by atoms with Crippen LogP contribution in [0.5, 0.6) is 0 Å². The van der Waals surface area contributed by atoms with Gasteiger partial charge in [0.2, 0.25) is 0 Å². The maximum atomic E-state index is 13.0. The zero-order valence-electron chi connectivity index (χ0n) is 9.58. The molecule has 1 saturated heterocycles. The molecule has 1 aromatic rings. The molecule has 1 aliphatic rings. The maximum absolute atomic E-state index is 13.0. The summed E-state index contributed by atoms with van der Waals surface area (Å²) in [7, 11) is 0. The molecule has 1 heterocycles. The Balaban J connectivity index is 2.15. The van der Waals surface area contributed by atoms with Crippen LogP contribution in [0.3, 0.4) is 0 Å². The van der Waals surface area contributed by atoms with E-state index in [1.54, 1.807) is 6.07 Å². The van der Waals surface area contributed by atoms with E-state index in [9.17, 15) is 4.39 Å². The Hall–Kier alpha value is -0.930. The first-order valence-corrected chi connectivity index (χ1v) is 5.81. The Morgan fingerprint density at radius 1 is 1.44 bits per heavy atom. The smallest absolute Gasteiger partial charge is 0.123 e. The van der Waals surface area contributed by atoms with E-state index in [-0.39, 0.29) is 18.0 Å². The fraction of sp³-hybridized carbons (Fsp3) is 0.538. The van der Waals surface area contributed by atoms with Crippen molar-refractivity contribution in [3.05, 3.63) is 35.1 Å². The summed E-state index contributed by atoms with van der Waals surface area (Å²) in [4.78, 5) is 0. The summed E-state index contributed by atoms with van der Waals surface area (Å²) in [5, 5.41) is 0. The topological polar surface area (TPSA) is 35.2 Å². The second kappa shape index (κ2) is 4.93. The third-order valence-corrected chi connectivity index (χ3v) is 3.21. The van der Waals surface area contributed by atoms with Gasteiger partial charge in [0.1, 0.15) is 5.82 Å². The zero-order chi connectivity index (χ0) is 11.5. The van der Waals surface area contributed by atoms with Crippen LogP contribution in [-0.4, -0.2) is 12.7 Å². The van der Waals surface area contributed by atoms with E-state index in [1.165, 1.54) is 18.6 Å². The summed E-state index contributed by atoms with van der Waals surface area (Å²) in [5.41, 5.74) is 8.07. The molecular weight excluding hydrogens is 205 g/mol. The van der Waals surface area contributed by atoms with Crippen LogP contribution in [-0.2, 0) is 4.74 Å². The molecule has 16 heavy (non-hydrogen) atoms. The lowest BCUT2D eigenvalue weighted by molar-refractivity contribution is -0.000115. The zero-order valence-corrected chi connectivity index (χ0v) is 9.58. The molecule has 0 saturated carbocycles. The number of hydrogen-bond acceptors (Lipinski definition) is 2. The van der Waals surface area contributed by atoms with Gasteiger partial charge < -0.3 is 10.5 Å². The first-order chi connectivity index (χ1) is 7.68. The van der Waals surface area contributed by atoms with Gasteiger partial charge in [0.25, 0.3) is 0 Å². The molecule has 2 N–H and O–H groups in total. The molecule has 1 fully saturated rings. The molecule has 0 bridgehead atoms. The normalized spacial score (nSPS) is 23.1. The van der Waals surface area contributed by atoms with Crippen molar-refractivity contribution in [2.75, 3.05) is 6.61 Å². The van der Waals surface area contributed by atoms with Crippen LogP contribution in [0.15, 0.2) is 18.2 Å². The number of rotatable bonds is 2. The predicted octanol–water partition coefficient (Wildman–Crippen LogP) is 2.70. The number of aryl methyl sites for hydroxylation is 1. The second-order valence-corrected chi connectivity index (χ2v) is 4.43. The van der Waals surface area contributed by atoms with Crippen LogP contribution < -0.4 is 5.73 Å². The molecule has 2 unspecified atom stereocenters. The van der Waals surface area contributed by atoms with Crippen LogP contribution in [0, 0.1) is 12.7 Å². The number of hydrogen-bond donors (Lipinski definition) is 1. The first-order valence-electron chi connectivity index (χ1n) is 5.81. The van der Waals surface area contributed by atoms with E-state index < -0.39 is 0 Å². The molecule has 1 aliphatic heterocycles. The standard InChI is InChI=1S/C13H18FNO/c1-9-8-10(14)5-6-11(9)13(15)12-4-2-3-7-16-12/h5-6,8,12-13H,2-4,7,15H2,1H3. The van der Waals surface area contributed by atoms with E-state index in [2.05, 4.69) is 0 Å². The molecule has 0 radical (unpaired) electrons. The highest BCUT2D eigenvalue weighted by Crippen LogP contribution is 2.26. The van der Waals surface area contributed by atoms with Gasteiger partial charge in [-0.2, -0.15) is 0 Å². The average molecular weight is 223 g/mol. The molecule has 0 amide bonds. The molecule has 0 aromatic heterocycles. The average Bonchev–Trinajstić information content (AvgIpc) is 2.29. The van der Waals surface area contributed by atoms with Crippen LogP contribution in [0.2, 0.25) is 0 Å². The fourth-order valence-electron chi connectivity index (χ4n) is 2.26. The van der Waals surface area contributed by atoms with Crippen LogP contribution in [0.4, 0.5) is 4.39 Å². The van der Waals surface area contributed by atoms with Gasteiger partial charge in [-0.05, 0) is 49.4 Å². The number of halogens is 1. The molecule has 3 heteroatoms. The van der Waals surface area contributed by atoms with Gasteiger partial charge in [-0.15, -0.1) is 0 Å². The van der Waals surface area contributed by atoms with Crippen molar-refractivity contribution in [1.82, 2.24) is 0 Å². The molecule has 88 valence electrons. The Kier molecular flexibility index (Phi) is 3.56. The van der Waals surface area contributed by atoms with Crippen molar-refractivity contribution in [2.45, 2.75) is 38.3 Å². The minimum Gasteiger partial charge on any atom is -0.376 e. The van der Waals surface area contributed by atoms with Crippen molar-refractivity contribution < 1.29 is 9.13 Å². The van der Waals surface area contributed by atoms with E-state index >= 15 is 0 Å². The van der Waals surface area contributed by atoms with Crippen molar-refractivity contribution in [3.63, 3.8) is 0 Å². The first kappa shape index (κ1) is 11.6. The van der Waals surface area contributed by atoms with E-state index in [0.717, 1.165) is 30.6 Å². The van der Waals surface area contributed by atoms with Gasteiger partial charge >= 0.3 is 0 Å². The number of ether oxygens (including phenoxy) is 1. The largest absolute Gasteiger partial charge is 0.376 e. The second-order valence-electron chi connectivity index (χ2n) is 4.43. The lowest BCUT2D eigenvalue weighted by atomic mass is 9.93. The van der Waals surface area contributed by atoms with Crippen molar-refractivity contribution in [2.24, 2.45) is 5.73 Å². The molecule has 2 atom stereocenters. The number of nitrogens with two attached hydrogens (primary N) is 1. The fourth-order valence-corrected chi connectivity index (χ4v) is 2.26. The Bertz CT molecular complexity index is 361. The lowest BCUT2D eigenvalue weighted by Crippen LogP contribution is -2.32. The summed E-state index contributed by atoms with van der Waals surface area (Å²) >= 11 is 0. The maximum Gasteiger partial charge on any atom is 0.123 e. The molecule has 2 rings (SSSR count). The third kappa shape index (κ3) is 2.42. The molecular formula is C13H18FNO. The van der Waals surface area contributed by atoms with Crippen LogP contribution in [0.1, 0.15) is 36.4 Å². The van der Waals surface area contributed by atoms with E-state index in [1.807, 2.05) is 6.92 Å². The summed E-state index contributed by atoms with van der Waals surface area (Å²) < 4.78 is 18.6. The minimum atomic E-state index is -0.210. The summed E-state index contributed by atoms with van der Waals surface area (Å²) in [6.45, 7) is 2.68. The van der Waals surface area contributed by atoms with Gasteiger partial charge in [0, 0.05) is 6.61 Å². The van der Waals surface area contributed by atoms with Crippen molar-refractivity contribution in [3.8, 4) is 0 Å². The Morgan fingerprint density at radius 2 is 2.25 bits per heavy atom. The Labute approximate surface area is 95.6 Å². The number of benzene rings is 1. The Morgan fingerprint density at radius 3 is 2.88 bits per heavy atom. The predicted molar refractivity (Wildman–Crippen MR) is 61.7 cm³/mol. The van der Waals surface area contributed by atoms with E-state index in [0.29, 0.717) is 0 Å². The van der Waals surface area contributed by atoms with Gasteiger partial charge in [0.15, 0.2) is 0 Å². The molecule has 0 aliphatic carbocycles. The SMILES string of the molecule is Cc1cc(F)ccc1C(N)C1CCCCO1.